The zero-order valence-electron chi connectivity index (χ0n) is 26.4. The predicted octanol–water partition coefficient (Wildman–Crippen LogP) is 12.2. The molecule has 0 unspecified atom stereocenters. The average Bonchev–Trinajstić information content (AvgIpc) is 3.53. The summed E-state index contributed by atoms with van der Waals surface area (Å²) in [6.45, 7) is 1.89. The molecule has 0 radical (unpaired) electrons. The van der Waals surface area contributed by atoms with Gasteiger partial charge in [-0.15, -0.1) is 0 Å². The van der Waals surface area contributed by atoms with Crippen LogP contribution in [0, 0.1) is 6.92 Å². The first-order valence-corrected chi connectivity index (χ1v) is 16.2. The van der Waals surface area contributed by atoms with Gasteiger partial charge in [0.05, 0.1) is 11.2 Å². The molecule has 7 aromatic carbocycles. The van der Waals surface area contributed by atoms with E-state index in [-0.39, 0.29) is 0 Å². The molecule has 0 saturated heterocycles. The van der Waals surface area contributed by atoms with Crippen LogP contribution in [0.3, 0.4) is 0 Å². The SMILES string of the molecule is Cc1nc2ccc(-c3cccc(-c4c(-c5ccccc5-c5cc(-c6ccccc6)c6ccccc6n5)ccc5ccccc45)c3)cc2o1. The summed E-state index contributed by atoms with van der Waals surface area (Å²) in [5.74, 6) is 0.673. The average molecular weight is 615 g/mol. The smallest absolute Gasteiger partial charge is 0.192 e. The molecule has 0 saturated carbocycles. The van der Waals surface area contributed by atoms with Gasteiger partial charge in [-0.25, -0.2) is 9.97 Å². The summed E-state index contributed by atoms with van der Waals surface area (Å²) in [4.78, 5) is 9.74. The van der Waals surface area contributed by atoms with Crippen molar-refractivity contribution in [3.63, 3.8) is 0 Å². The molecule has 3 nitrogen and oxygen atoms in total. The molecule has 0 bridgehead atoms. The van der Waals surface area contributed by atoms with E-state index >= 15 is 0 Å². The van der Waals surface area contributed by atoms with Crippen molar-refractivity contribution in [1.29, 1.82) is 0 Å². The summed E-state index contributed by atoms with van der Waals surface area (Å²) in [5, 5.41) is 3.56. The second-order valence-corrected chi connectivity index (χ2v) is 12.2. The third-order valence-corrected chi connectivity index (χ3v) is 9.20. The fraction of sp³-hybridized carbons (Fsp3) is 0.0222. The van der Waals surface area contributed by atoms with Gasteiger partial charge in [0.1, 0.15) is 5.52 Å². The second kappa shape index (κ2) is 11.5. The Morgan fingerprint density at radius 3 is 2.02 bits per heavy atom. The first-order chi connectivity index (χ1) is 23.7. The molecular formula is C45H30N2O. The van der Waals surface area contributed by atoms with Crippen LogP contribution in [-0.2, 0) is 0 Å². The molecule has 9 rings (SSSR count). The van der Waals surface area contributed by atoms with E-state index in [0.29, 0.717) is 5.89 Å². The molecule has 0 aliphatic carbocycles. The molecule has 0 N–H and O–H groups in total. The first-order valence-electron chi connectivity index (χ1n) is 16.2. The molecule has 2 heterocycles. The van der Waals surface area contributed by atoms with Crippen molar-refractivity contribution < 1.29 is 4.42 Å². The molecule has 226 valence electrons. The minimum Gasteiger partial charge on any atom is -0.441 e. The standard InChI is InChI=1S/C45H30N2O/c1-29-46-42-25-23-33(27-44(42)48-29)32-15-11-16-34(26-32)45-35-17-6-5-14-31(35)22-24-39(45)36-18-7-8-19-37(36)43-28-40(30-12-3-2-4-13-30)38-20-9-10-21-41(38)47-43/h2-28H,1H3. The maximum atomic E-state index is 5.88. The summed E-state index contributed by atoms with van der Waals surface area (Å²) >= 11 is 0. The van der Waals surface area contributed by atoms with Crippen LogP contribution < -0.4 is 0 Å². The number of aryl methyl sites for hydroxylation is 1. The van der Waals surface area contributed by atoms with E-state index in [1.165, 1.54) is 33.0 Å². The molecule has 0 amide bonds. The fourth-order valence-corrected chi connectivity index (χ4v) is 6.99. The Bertz CT molecular complexity index is 2630. The van der Waals surface area contributed by atoms with E-state index in [4.69, 9.17) is 9.40 Å². The molecule has 3 heteroatoms. The van der Waals surface area contributed by atoms with E-state index in [1.807, 2.05) is 13.0 Å². The Balaban J connectivity index is 1.26. The van der Waals surface area contributed by atoms with Gasteiger partial charge in [-0.05, 0) is 85.6 Å². The number of oxazole rings is 1. The van der Waals surface area contributed by atoms with Gasteiger partial charge >= 0.3 is 0 Å². The number of benzene rings is 7. The lowest BCUT2D eigenvalue weighted by Gasteiger charge is -2.18. The molecule has 0 atom stereocenters. The quantitative estimate of drug-likeness (QED) is 0.194. The van der Waals surface area contributed by atoms with Gasteiger partial charge in [-0.1, -0.05) is 133 Å². The number of nitrogens with zero attached hydrogens (tertiary/aromatic N) is 2. The lowest BCUT2D eigenvalue weighted by molar-refractivity contribution is 0.561. The summed E-state index contributed by atoms with van der Waals surface area (Å²) in [6.07, 6.45) is 0. The molecule has 9 aromatic rings. The van der Waals surface area contributed by atoms with Crippen molar-refractivity contribution in [1.82, 2.24) is 9.97 Å². The van der Waals surface area contributed by atoms with Gasteiger partial charge < -0.3 is 4.42 Å². The van der Waals surface area contributed by atoms with Gasteiger partial charge in [-0.2, -0.15) is 0 Å². The van der Waals surface area contributed by atoms with E-state index in [1.54, 1.807) is 0 Å². The Morgan fingerprint density at radius 1 is 0.417 bits per heavy atom. The van der Waals surface area contributed by atoms with Gasteiger partial charge in [-0.3, -0.25) is 0 Å². The molecule has 2 aromatic heterocycles. The number of fused-ring (bicyclic) bond motifs is 3. The Hall–Kier alpha value is -6.32. The largest absolute Gasteiger partial charge is 0.441 e. The number of hydrogen-bond acceptors (Lipinski definition) is 3. The highest BCUT2D eigenvalue weighted by Crippen LogP contribution is 2.43. The highest BCUT2D eigenvalue weighted by Gasteiger charge is 2.18. The Morgan fingerprint density at radius 2 is 1.12 bits per heavy atom. The van der Waals surface area contributed by atoms with Crippen molar-refractivity contribution >= 4 is 32.8 Å². The number of pyridine rings is 1. The van der Waals surface area contributed by atoms with Gasteiger partial charge in [0.2, 0.25) is 0 Å². The van der Waals surface area contributed by atoms with E-state index in [9.17, 15) is 0 Å². The van der Waals surface area contributed by atoms with Crippen molar-refractivity contribution in [2.45, 2.75) is 6.92 Å². The minimum absolute atomic E-state index is 0.673. The van der Waals surface area contributed by atoms with Gasteiger partial charge in [0.15, 0.2) is 11.5 Å². The number of rotatable bonds is 5. The van der Waals surface area contributed by atoms with Crippen LogP contribution >= 0.6 is 0 Å². The van der Waals surface area contributed by atoms with Crippen molar-refractivity contribution in [2.75, 3.05) is 0 Å². The fourth-order valence-electron chi connectivity index (χ4n) is 6.99. The first kappa shape index (κ1) is 27.9. The molecule has 0 spiro atoms. The summed E-state index contributed by atoms with van der Waals surface area (Å²) in [7, 11) is 0. The topological polar surface area (TPSA) is 38.9 Å². The summed E-state index contributed by atoms with van der Waals surface area (Å²) in [6, 6.07) is 58.2. The maximum absolute atomic E-state index is 5.88. The summed E-state index contributed by atoms with van der Waals surface area (Å²) in [5.41, 5.74) is 13.9. The second-order valence-electron chi connectivity index (χ2n) is 12.2. The van der Waals surface area contributed by atoms with Crippen LogP contribution in [0.15, 0.2) is 168 Å². The van der Waals surface area contributed by atoms with Crippen molar-refractivity contribution in [2.24, 2.45) is 0 Å². The molecule has 0 aliphatic rings. The number of para-hydroxylation sites is 1. The van der Waals surface area contributed by atoms with Crippen molar-refractivity contribution in [3.8, 4) is 55.8 Å². The number of hydrogen-bond donors (Lipinski definition) is 0. The van der Waals surface area contributed by atoms with E-state index in [2.05, 4.69) is 163 Å². The summed E-state index contributed by atoms with van der Waals surface area (Å²) < 4.78 is 5.88. The Labute approximate surface area is 278 Å². The zero-order chi connectivity index (χ0) is 32.0. The molecular weight excluding hydrogens is 585 g/mol. The predicted molar refractivity (Wildman–Crippen MR) is 199 cm³/mol. The van der Waals surface area contributed by atoms with Crippen molar-refractivity contribution in [3.05, 3.63) is 170 Å². The van der Waals surface area contributed by atoms with E-state index < -0.39 is 0 Å². The monoisotopic (exact) mass is 614 g/mol. The highest BCUT2D eigenvalue weighted by atomic mass is 16.3. The van der Waals surface area contributed by atoms with Crippen LogP contribution in [-0.4, -0.2) is 9.97 Å². The molecule has 48 heavy (non-hydrogen) atoms. The molecule has 0 aliphatic heterocycles. The third kappa shape index (κ3) is 4.85. The lowest BCUT2D eigenvalue weighted by Crippen LogP contribution is -1.94. The van der Waals surface area contributed by atoms with Crippen LogP contribution in [0.5, 0.6) is 0 Å². The Kier molecular flexibility index (Phi) is 6.69. The van der Waals surface area contributed by atoms with E-state index in [0.717, 1.165) is 55.5 Å². The van der Waals surface area contributed by atoms with Crippen LogP contribution in [0.4, 0.5) is 0 Å². The van der Waals surface area contributed by atoms with Crippen LogP contribution in [0.25, 0.3) is 88.5 Å². The van der Waals surface area contributed by atoms with Crippen LogP contribution in [0.1, 0.15) is 5.89 Å². The third-order valence-electron chi connectivity index (χ3n) is 9.20. The minimum atomic E-state index is 0.673. The lowest BCUT2D eigenvalue weighted by atomic mass is 9.86. The number of aromatic nitrogens is 2. The van der Waals surface area contributed by atoms with Gasteiger partial charge in [0, 0.05) is 17.9 Å². The van der Waals surface area contributed by atoms with Gasteiger partial charge in [0.25, 0.3) is 0 Å². The zero-order valence-corrected chi connectivity index (χ0v) is 26.4. The maximum Gasteiger partial charge on any atom is 0.192 e. The van der Waals surface area contributed by atoms with Crippen LogP contribution in [0.2, 0.25) is 0 Å². The highest BCUT2D eigenvalue weighted by molar-refractivity contribution is 6.07. The molecule has 0 fully saturated rings. The normalized spacial score (nSPS) is 11.4.